The van der Waals surface area contributed by atoms with Crippen LogP contribution in [0.25, 0.3) is 0 Å². The Bertz CT molecular complexity index is 331. The van der Waals surface area contributed by atoms with E-state index in [1.807, 2.05) is 0 Å². The summed E-state index contributed by atoms with van der Waals surface area (Å²) in [6.07, 6.45) is 6.92. The Labute approximate surface area is 106 Å². The lowest BCUT2D eigenvalue weighted by Crippen LogP contribution is -2.44. The topological polar surface area (TPSA) is 78.9 Å². The van der Waals surface area contributed by atoms with E-state index in [9.17, 15) is 9.59 Å². The van der Waals surface area contributed by atoms with E-state index in [1.54, 1.807) is 0 Å². The molecule has 1 heterocycles. The number of nitrogens with one attached hydrogen (secondary N) is 1. The largest absolute Gasteiger partial charge is 0.480 e. The summed E-state index contributed by atoms with van der Waals surface area (Å²) in [6, 6.07) is -0.429. The molecule has 0 spiro atoms. The third kappa shape index (κ3) is 5.06. The molecule has 1 aliphatic heterocycles. The number of carbonyl (C=O) groups is 2. The molecule has 6 nitrogen and oxygen atoms in total. The summed E-state index contributed by atoms with van der Waals surface area (Å²) in [5.74, 6) is 1.59. The average Bonchev–Trinajstić information content (AvgIpc) is 2.36. The average molecular weight is 254 g/mol. The molecule has 0 aromatic rings. The van der Waals surface area contributed by atoms with Gasteiger partial charge in [0.15, 0.2) is 0 Å². The minimum Gasteiger partial charge on any atom is -0.480 e. The van der Waals surface area contributed by atoms with Gasteiger partial charge in [-0.1, -0.05) is 5.92 Å². The zero-order valence-corrected chi connectivity index (χ0v) is 10.2. The second-order valence-electron chi connectivity index (χ2n) is 4.20. The van der Waals surface area contributed by atoms with Crippen molar-refractivity contribution in [3.8, 4) is 12.3 Å². The lowest BCUT2D eigenvalue weighted by Gasteiger charge is -2.24. The van der Waals surface area contributed by atoms with E-state index >= 15 is 0 Å². The standard InChI is InChI=1S/C12H18N2O4/c1-2-5-14(9-11(15)16)12(17)13-8-10-3-6-18-7-4-10/h1,10H,3-9H2,(H,13,17)(H,15,16). The van der Waals surface area contributed by atoms with E-state index in [0.717, 1.165) is 17.7 Å². The first-order valence-corrected chi connectivity index (χ1v) is 5.89. The van der Waals surface area contributed by atoms with Gasteiger partial charge in [0.2, 0.25) is 0 Å². The van der Waals surface area contributed by atoms with Gasteiger partial charge in [0.05, 0.1) is 6.54 Å². The lowest BCUT2D eigenvalue weighted by atomic mass is 10.0. The van der Waals surface area contributed by atoms with Gasteiger partial charge in [-0.25, -0.2) is 4.79 Å². The molecule has 1 saturated heterocycles. The summed E-state index contributed by atoms with van der Waals surface area (Å²) in [6.45, 7) is 1.56. The third-order valence-corrected chi connectivity index (χ3v) is 2.78. The van der Waals surface area contributed by atoms with E-state index in [4.69, 9.17) is 16.3 Å². The van der Waals surface area contributed by atoms with Gasteiger partial charge < -0.3 is 20.1 Å². The first kappa shape index (κ1) is 14.3. The van der Waals surface area contributed by atoms with E-state index in [2.05, 4.69) is 11.2 Å². The molecule has 0 unspecified atom stereocenters. The minimum absolute atomic E-state index is 0.00802. The second-order valence-corrected chi connectivity index (χ2v) is 4.20. The molecule has 18 heavy (non-hydrogen) atoms. The van der Waals surface area contributed by atoms with Crippen LogP contribution in [0, 0.1) is 18.3 Å². The number of carboxylic acids is 1. The van der Waals surface area contributed by atoms with Gasteiger partial charge in [0, 0.05) is 19.8 Å². The molecule has 0 atom stereocenters. The Hall–Kier alpha value is -1.74. The highest BCUT2D eigenvalue weighted by atomic mass is 16.5. The predicted molar refractivity (Wildman–Crippen MR) is 65.0 cm³/mol. The molecular formula is C12H18N2O4. The van der Waals surface area contributed by atoms with Crippen LogP contribution in [0.3, 0.4) is 0 Å². The van der Waals surface area contributed by atoms with Crippen molar-refractivity contribution < 1.29 is 19.4 Å². The Morgan fingerprint density at radius 3 is 2.67 bits per heavy atom. The molecule has 0 bridgehead atoms. The highest BCUT2D eigenvalue weighted by Crippen LogP contribution is 2.13. The smallest absolute Gasteiger partial charge is 0.323 e. The van der Waals surface area contributed by atoms with Crippen molar-refractivity contribution in [3.63, 3.8) is 0 Å². The molecule has 0 aromatic heterocycles. The number of aliphatic carboxylic acids is 1. The van der Waals surface area contributed by atoms with E-state index in [-0.39, 0.29) is 13.1 Å². The summed E-state index contributed by atoms with van der Waals surface area (Å²) in [5.41, 5.74) is 0. The molecule has 1 aliphatic rings. The van der Waals surface area contributed by atoms with Crippen LogP contribution in [0.5, 0.6) is 0 Å². The Morgan fingerprint density at radius 2 is 2.11 bits per heavy atom. The van der Waals surface area contributed by atoms with Crippen LogP contribution in [0.15, 0.2) is 0 Å². The van der Waals surface area contributed by atoms with Crippen LogP contribution in [0.4, 0.5) is 4.79 Å². The lowest BCUT2D eigenvalue weighted by molar-refractivity contribution is -0.137. The van der Waals surface area contributed by atoms with Gasteiger partial charge in [-0.15, -0.1) is 6.42 Å². The number of rotatable bonds is 5. The second kappa shape index (κ2) is 7.56. The van der Waals surface area contributed by atoms with E-state index in [0.29, 0.717) is 25.7 Å². The van der Waals surface area contributed by atoms with Crippen molar-refractivity contribution in [2.24, 2.45) is 5.92 Å². The van der Waals surface area contributed by atoms with E-state index in [1.165, 1.54) is 0 Å². The summed E-state index contributed by atoms with van der Waals surface area (Å²) in [7, 11) is 0. The number of urea groups is 1. The molecule has 1 fully saturated rings. The van der Waals surface area contributed by atoms with Crippen molar-refractivity contribution in [2.45, 2.75) is 12.8 Å². The predicted octanol–water partition coefficient (Wildman–Crippen LogP) is 0.142. The maximum absolute atomic E-state index is 11.7. The van der Waals surface area contributed by atoms with Crippen LogP contribution in [0.1, 0.15) is 12.8 Å². The third-order valence-electron chi connectivity index (χ3n) is 2.78. The fourth-order valence-corrected chi connectivity index (χ4v) is 1.77. The fourth-order valence-electron chi connectivity index (χ4n) is 1.77. The normalized spacial score (nSPS) is 15.7. The monoisotopic (exact) mass is 254 g/mol. The van der Waals surface area contributed by atoms with Gasteiger partial charge in [0.1, 0.15) is 6.54 Å². The maximum atomic E-state index is 11.7. The van der Waals surface area contributed by atoms with Crippen molar-refractivity contribution in [2.75, 3.05) is 32.8 Å². The minimum atomic E-state index is -1.08. The Kier molecular flexibility index (Phi) is 6.01. The summed E-state index contributed by atoms with van der Waals surface area (Å²) < 4.78 is 5.22. The number of amides is 2. The number of carboxylic acid groups (broad SMARTS) is 1. The first-order chi connectivity index (χ1) is 8.63. The van der Waals surface area contributed by atoms with Crippen molar-refractivity contribution >= 4 is 12.0 Å². The highest BCUT2D eigenvalue weighted by molar-refractivity contribution is 5.80. The van der Waals surface area contributed by atoms with Crippen molar-refractivity contribution in [1.29, 1.82) is 0 Å². The maximum Gasteiger partial charge on any atom is 0.323 e. The van der Waals surface area contributed by atoms with Gasteiger partial charge in [-0.05, 0) is 18.8 Å². The molecular weight excluding hydrogens is 236 g/mol. The summed E-state index contributed by atoms with van der Waals surface area (Å²) in [4.78, 5) is 23.4. The van der Waals surface area contributed by atoms with Crippen LogP contribution in [-0.4, -0.2) is 54.9 Å². The zero-order chi connectivity index (χ0) is 13.4. The van der Waals surface area contributed by atoms with Crippen LogP contribution in [-0.2, 0) is 9.53 Å². The number of nitrogens with zero attached hydrogens (tertiary/aromatic N) is 1. The molecule has 2 N–H and O–H groups in total. The van der Waals surface area contributed by atoms with Gasteiger partial charge in [-0.2, -0.15) is 0 Å². The van der Waals surface area contributed by atoms with Gasteiger partial charge in [0.25, 0.3) is 0 Å². The zero-order valence-electron chi connectivity index (χ0n) is 10.2. The van der Waals surface area contributed by atoms with Gasteiger partial charge >= 0.3 is 12.0 Å². The summed E-state index contributed by atoms with van der Waals surface area (Å²) in [5, 5.41) is 11.4. The highest BCUT2D eigenvalue weighted by Gasteiger charge is 2.18. The van der Waals surface area contributed by atoms with E-state index < -0.39 is 12.0 Å². The first-order valence-electron chi connectivity index (χ1n) is 5.89. The molecule has 0 aromatic carbocycles. The van der Waals surface area contributed by atoms with Crippen LogP contribution < -0.4 is 5.32 Å². The number of carbonyl (C=O) groups excluding carboxylic acids is 1. The molecule has 100 valence electrons. The number of terminal acetylenes is 1. The Morgan fingerprint density at radius 1 is 1.44 bits per heavy atom. The fraction of sp³-hybridized carbons (Fsp3) is 0.667. The van der Waals surface area contributed by atoms with Crippen LogP contribution >= 0.6 is 0 Å². The number of hydrogen-bond donors (Lipinski definition) is 2. The Balaban J connectivity index is 2.35. The quantitative estimate of drug-likeness (QED) is 0.684. The SMILES string of the molecule is C#CCN(CC(=O)O)C(=O)NCC1CCOCC1. The number of ether oxygens (including phenoxy) is 1. The van der Waals surface area contributed by atoms with Crippen molar-refractivity contribution in [1.82, 2.24) is 10.2 Å². The van der Waals surface area contributed by atoms with Crippen molar-refractivity contribution in [3.05, 3.63) is 0 Å². The summed E-state index contributed by atoms with van der Waals surface area (Å²) >= 11 is 0. The molecule has 1 rings (SSSR count). The van der Waals surface area contributed by atoms with Crippen LogP contribution in [0.2, 0.25) is 0 Å². The molecule has 2 amide bonds. The molecule has 0 saturated carbocycles. The number of hydrogen-bond acceptors (Lipinski definition) is 3. The molecule has 0 aliphatic carbocycles. The van der Waals surface area contributed by atoms with Gasteiger partial charge in [-0.3, -0.25) is 4.79 Å². The molecule has 0 radical (unpaired) electrons. The molecule has 6 heteroatoms.